The Kier molecular flexibility index (Phi) is 4.33. The van der Waals surface area contributed by atoms with E-state index in [4.69, 9.17) is 11.6 Å². The smallest absolute Gasteiger partial charge is 0.195 e. The molecule has 5 heteroatoms. The second-order valence-electron chi connectivity index (χ2n) is 5.60. The Morgan fingerprint density at radius 1 is 1.53 bits per heavy atom. The van der Waals surface area contributed by atoms with Crippen LogP contribution in [0.4, 0.5) is 0 Å². The summed E-state index contributed by atoms with van der Waals surface area (Å²) in [5.41, 5.74) is 2.42. The number of hydrogen-bond donors (Lipinski definition) is 1. The van der Waals surface area contributed by atoms with Gasteiger partial charge < -0.3 is 5.32 Å². The van der Waals surface area contributed by atoms with Gasteiger partial charge in [0.15, 0.2) is 10.1 Å². The summed E-state index contributed by atoms with van der Waals surface area (Å²) in [7, 11) is 0. The molecule has 3 nitrogen and oxygen atoms in total. The first-order chi connectivity index (χ1) is 8.90. The molecule has 0 spiro atoms. The van der Waals surface area contributed by atoms with Crippen LogP contribution in [0.3, 0.4) is 0 Å². The number of imidazole rings is 1. The average molecular weight is 298 g/mol. The molecule has 2 aromatic heterocycles. The largest absolute Gasteiger partial charge is 0.308 e. The molecule has 0 amide bonds. The van der Waals surface area contributed by atoms with Crippen molar-refractivity contribution in [1.82, 2.24) is 14.7 Å². The van der Waals surface area contributed by atoms with Gasteiger partial charge in [0.05, 0.1) is 5.69 Å². The molecule has 2 rings (SSSR count). The van der Waals surface area contributed by atoms with Gasteiger partial charge in [-0.2, -0.15) is 0 Å². The summed E-state index contributed by atoms with van der Waals surface area (Å²) >= 11 is 7.81. The zero-order chi connectivity index (χ0) is 14.0. The van der Waals surface area contributed by atoms with Crippen LogP contribution in [0, 0.1) is 0 Å². The van der Waals surface area contributed by atoms with Gasteiger partial charge in [-0.15, -0.1) is 11.3 Å². The molecule has 104 valence electrons. The Morgan fingerprint density at radius 2 is 2.26 bits per heavy atom. The molecule has 1 N–H and O–H groups in total. The second kappa shape index (κ2) is 5.65. The average Bonchev–Trinajstić information content (AvgIpc) is 2.85. The number of hydrogen-bond acceptors (Lipinski definition) is 3. The molecular formula is C14H20ClN3S. The van der Waals surface area contributed by atoms with E-state index in [0.717, 1.165) is 23.6 Å². The first kappa shape index (κ1) is 14.6. The minimum absolute atomic E-state index is 0.118. The number of aromatic nitrogens is 2. The number of nitrogens with one attached hydrogen (secondary N) is 1. The van der Waals surface area contributed by atoms with Gasteiger partial charge >= 0.3 is 0 Å². The zero-order valence-electron chi connectivity index (χ0n) is 11.8. The third kappa shape index (κ3) is 3.59. The van der Waals surface area contributed by atoms with Gasteiger partial charge in [-0.25, -0.2) is 4.98 Å². The number of nitrogens with zero attached hydrogens (tertiary/aromatic N) is 2. The molecule has 19 heavy (non-hydrogen) atoms. The van der Waals surface area contributed by atoms with Crippen LogP contribution in [0.15, 0.2) is 17.2 Å². The fraction of sp³-hybridized carbons (Fsp3) is 0.500. The van der Waals surface area contributed by atoms with Crippen LogP contribution in [0.1, 0.15) is 39.8 Å². The van der Waals surface area contributed by atoms with E-state index in [1.54, 1.807) is 11.3 Å². The highest BCUT2D eigenvalue weighted by atomic mass is 35.5. The summed E-state index contributed by atoms with van der Waals surface area (Å²) in [5.74, 6) is 0. The molecule has 0 aliphatic heterocycles. The fourth-order valence-corrected chi connectivity index (χ4v) is 2.75. The molecule has 0 unspecified atom stereocenters. The SMILES string of the molecule is CCC(=Cc1c(Cl)nc2sccn12)CNC(C)(C)C. The Hall–Kier alpha value is -0.840. The summed E-state index contributed by atoms with van der Waals surface area (Å²) in [6.45, 7) is 9.54. The zero-order valence-corrected chi connectivity index (χ0v) is 13.4. The topological polar surface area (TPSA) is 29.3 Å². The molecule has 0 bridgehead atoms. The highest BCUT2D eigenvalue weighted by Gasteiger charge is 2.12. The first-order valence-corrected chi connectivity index (χ1v) is 7.72. The summed E-state index contributed by atoms with van der Waals surface area (Å²) in [6, 6.07) is 0. The molecule has 0 aromatic carbocycles. The predicted molar refractivity (Wildman–Crippen MR) is 84.1 cm³/mol. The number of rotatable bonds is 4. The Labute approximate surface area is 123 Å². The van der Waals surface area contributed by atoms with Gasteiger partial charge in [-0.05, 0) is 33.3 Å². The van der Waals surface area contributed by atoms with Crippen molar-refractivity contribution < 1.29 is 0 Å². The van der Waals surface area contributed by atoms with Gasteiger partial charge in [-0.1, -0.05) is 24.1 Å². The fourth-order valence-electron chi connectivity index (χ4n) is 1.76. The van der Waals surface area contributed by atoms with E-state index in [1.807, 2.05) is 16.0 Å². The second-order valence-corrected chi connectivity index (χ2v) is 6.83. The van der Waals surface area contributed by atoms with E-state index in [1.165, 1.54) is 5.57 Å². The van der Waals surface area contributed by atoms with Crippen LogP contribution in [0.25, 0.3) is 11.0 Å². The predicted octanol–water partition coefficient (Wildman–Crippen LogP) is 4.23. The lowest BCUT2D eigenvalue weighted by Gasteiger charge is -2.21. The molecule has 2 aromatic rings. The lowest BCUT2D eigenvalue weighted by atomic mass is 10.1. The van der Waals surface area contributed by atoms with Crippen molar-refractivity contribution in [2.45, 2.75) is 39.7 Å². The monoisotopic (exact) mass is 297 g/mol. The van der Waals surface area contributed by atoms with Gasteiger partial charge in [0.2, 0.25) is 0 Å². The summed E-state index contributed by atoms with van der Waals surface area (Å²) in [5, 5.41) is 6.11. The van der Waals surface area contributed by atoms with E-state index in [0.29, 0.717) is 5.15 Å². The van der Waals surface area contributed by atoms with Crippen LogP contribution in [-0.2, 0) is 0 Å². The van der Waals surface area contributed by atoms with Crippen LogP contribution in [-0.4, -0.2) is 21.5 Å². The standard InChI is InChI=1S/C14H20ClN3S/c1-5-10(9-16-14(2,3)4)8-11-12(15)17-13-18(11)6-7-19-13/h6-8,16H,5,9H2,1-4H3. The molecule has 2 heterocycles. The number of fused-ring (bicyclic) bond motifs is 1. The molecular weight excluding hydrogens is 278 g/mol. The summed E-state index contributed by atoms with van der Waals surface area (Å²) in [6.07, 6.45) is 5.15. The molecule has 0 fully saturated rings. The van der Waals surface area contributed by atoms with Crippen LogP contribution < -0.4 is 5.32 Å². The molecule has 0 atom stereocenters. The van der Waals surface area contributed by atoms with E-state index in [9.17, 15) is 0 Å². The summed E-state index contributed by atoms with van der Waals surface area (Å²) < 4.78 is 2.04. The normalized spacial score (nSPS) is 13.4. The van der Waals surface area contributed by atoms with Crippen molar-refractivity contribution in [3.8, 4) is 0 Å². The van der Waals surface area contributed by atoms with Crippen molar-refractivity contribution in [1.29, 1.82) is 0 Å². The third-order valence-electron chi connectivity index (χ3n) is 2.89. The lowest BCUT2D eigenvalue weighted by molar-refractivity contribution is 0.443. The highest BCUT2D eigenvalue weighted by Crippen LogP contribution is 2.24. The maximum absolute atomic E-state index is 6.21. The number of halogens is 1. The van der Waals surface area contributed by atoms with Crippen molar-refractivity contribution in [3.05, 3.63) is 28.0 Å². The minimum atomic E-state index is 0.118. The van der Waals surface area contributed by atoms with Crippen molar-refractivity contribution in [2.75, 3.05) is 6.54 Å². The third-order valence-corrected chi connectivity index (χ3v) is 3.93. The van der Waals surface area contributed by atoms with Crippen molar-refractivity contribution in [3.63, 3.8) is 0 Å². The Morgan fingerprint density at radius 3 is 2.89 bits per heavy atom. The molecule has 0 aliphatic carbocycles. The van der Waals surface area contributed by atoms with E-state index < -0.39 is 0 Å². The van der Waals surface area contributed by atoms with Crippen molar-refractivity contribution >= 4 is 34.0 Å². The van der Waals surface area contributed by atoms with Crippen LogP contribution in [0.2, 0.25) is 5.15 Å². The van der Waals surface area contributed by atoms with E-state index in [-0.39, 0.29) is 5.54 Å². The van der Waals surface area contributed by atoms with Gasteiger partial charge in [-0.3, -0.25) is 4.40 Å². The maximum Gasteiger partial charge on any atom is 0.195 e. The lowest BCUT2D eigenvalue weighted by Crippen LogP contribution is -2.37. The quantitative estimate of drug-likeness (QED) is 0.915. The molecule has 0 saturated carbocycles. The van der Waals surface area contributed by atoms with Gasteiger partial charge in [0.1, 0.15) is 0 Å². The number of thiazole rings is 1. The Balaban J connectivity index is 2.26. The van der Waals surface area contributed by atoms with Crippen LogP contribution >= 0.6 is 22.9 Å². The maximum atomic E-state index is 6.21. The van der Waals surface area contributed by atoms with Gasteiger partial charge in [0.25, 0.3) is 0 Å². The molecule has 0 saturated heterocycles. The first-order valence-electron chi connectivity index (χ1n) is 6.46. The highest BCUT2D eigenvalue weighted by molar-refractivity contribution is 7.15. The Bertz CT molecular complexity index is 589. The molecule has 0 radical (unpaired) electrons. The van der Waals surface area contributed by atoms with Gasteiger partial charge in [0, 0.05) is 23.7 Å². The minimum Gasteiger partial charge on any atom is -0.308 e. The van der Waals surface area contributed by atoms with Crippen LogP contribution in [0.5, 0.6) is 0 Å². The van der Waals surface area contributed by atoms with Crippen molar-refractivity contribution in [2.24, 2.45) is 0 Å². The molecule has 0 aliphatic rings. The summed E-state index contributed by atoms with van der Waals surface area (Å²) in [4.78, 5) is 5.29. The van der Waals surface area contributed by atoms with E-state index >= 15 is 0 Å². The van der Waals surface area contributed by atoms with E-state index in [2.05, 4.69) is 44.1 Å².